The largest absolute Gasteiger partial charge is 0.497 e. The molecular formula is C27H24F3N3O3. The number of rotatable bonds is 2. The van der Waals surface area contributed by atoms with Gasteiger partial charge in [-0.3, -0.25) is 4.79 Å². The standard InChI is InChI=1S/C27H24F3N3O3/c1-17-16-32(13-14-33(17)26(34)19-7-3-4-8-21(19)27(28,29)30)25-20-15-18(35-2)11-12-23(20)36-24-10-6-5-9-22(24)31-25/h3-12,15,17H,13-14,16H2,1-2H3. The third-order valence-corrected chi connectivity index (χ3v) is 6.39. The predicted octanol–water partition coefficient (Wildman–Crippen LogP) is 5.74. The summed E-state index contributed by atoms with van der Waals surface area (Å²) in [6.45, 7) is 2.85. The molecule has 0 N–H and O–H groups in total. The minimum absolute atomic E-state index is 0.243. The van der Waals surface area contributed by atoms with E-state index in [1.54, 1.807) is 7.11 Å². The van der Waals surface area contributed by atoms with Crippen LogP contribution in [0.3, 0.4) is 0 Å². The third kappa shape index (κ3) is 4.36. The van der Waals surface area contributed by atoms with Gasteiger partial charge in [0.15, 0.2) is 5.75 Å². The molecular weight excluding hydrogens is 471 g/mol. The normalized spacial score (nSPS) is 17.4. The SMILES string of the molecule is COc1ccc2c(c1)C(N1CCN(C(=O)c3ccccc3C(F)(F)F)C(C)C1)=Nc1ccccc1O2. The van der Waals surface area contributed by atoms with Crippen molar-refractivity contribution in [2.45, 2.75) is 19.1 Å². The van der Waals surface area contributed by atoms with Crippen LogP contribution in [-0.4, -0.2) is 54.3 Å². The van der Waals surface area contributed by atoms with Gasteiger partial charge in [-0.25, -0.2) is 4.99 Å². The van der Waals surface area contributed by atoms with Crippen molar-refractivity contribution in [1.29, 1.82) is 0 Å². The van der Waals surface area contributed by atoms with E-state index < -0.39 is 17.6 Å². The molecule has 0 saturated carbocycles. The molecule has 36 heavy (non-hydrogen) atoms. The lowest BCUT2D eigenvalue weighted by molar-refractivity contribution is -0.138. The number of halogens is 3. The zero-order valence-corrected chi connectivity index (χ0v) is 19.7. The number of para-hydroxylation sites is 2. The number of methoxy groups -OCH3 is 1. The van der Waals surface area contributed by atoms with Crippen LogP contribution in [0.15, 0.2) is 71.7 Å². The molecule has 1 fully saturated rings. The number of ether oxygens (including phenoxy) is 2. The Morgan fingerprint density at radius 1 is 1.03 bits per heavy atom. The summed E-state index contributed by atoms with van der Waals surface area (Å²) in [4.78, 5) is 21.6. The maximum atomic E-state index is 13.5. The van der Waals surface area contributed by atoms with Gasteiger partial charge in [0.25, 0.3) is 5.91 Å². The van der Waals surface area contributed by atoms with E-state index >= 15 is 0 Å². The van der Waals surface area contributed by atoms with Gasteiger partial charge < -0.3 is 19.3 Å². The number of carbonyl (C=O) groups is 1. The molecule has 0 aliphatic carbocycles. The van der Waals surface area contributed by atoms with E-state index in [1.807, 2.05) is 54.3 Å². The fraction of sp³-hybridized carbons (Fsp3) is 0.259. The second kappa shape index (κ2) is 9.22. The molecule has 0 spiro atoms. The molecule has 186 valence electrons. The monoisotopic (exact) mass is 495 g/mol. The van der Waals surface area contributed by atoms with E-state index in [4.69, 9.17) is 14.5 Å². The lowest BCUT2D eigenvalue weighted by Crippen LogP contribution is -2.55. The van der Waals surface area contributed by atoms with Gasteiger partial charge in [0.1, 0.15) is 23.0 Å². The molecule has 3 aromatic carbocycles. The Morgan fingerprint density at radius 2 is 1.78 bits per heavy atom. The summed E-state index contributed by atoms with van der Waals surface area (Å²) in [5.74, 6) is 1.90. The fourth-order valence-corrected chi connectivity index (χ4v) is 4.59. The van der Waals surface area contributed by atoms with E-state index in [9.17, 15) is 18.0 Å². The highest BCUT2D eigenvalue weighted by atomic mass is 19.4. The number of amides is 1. The topological polar surface area (TPSA) is 54.4 Å². The van der Waals surface area contributed by atoms with Crippen LogP contribution in [0.5, 0.6) is 17.2 Å². The molecule has 0 aromatic heterocycles. The second-order valence-corrected chi connectivity index (χ2v) is 8.70. The quantitative estimate of drug-likeness (QED) is 0.455. The van der Waals surface area contributed by atoms with Gasteiger partial charge in [-0.2, -0.15) is 13.2 Å². The van der Waals surface area contributed by atoms with Crippen molar-refractivity contribution in [3.63, 3.8) is 0 Å². The minimum Gasteiger partial charge on any atom is -0.497 e. The Hall–Kier alpha value is -4.01. The van der Waals surface area contributed by atoms with Crippen molar-refractivity contribution in [2.75, 3.05) is 26.7 Å². The summed E-state index contributed by atoms with van der Waals surface area (Å²) >= 11 is 0. The van der Waals surface area contributed by atoms with E-state index in [1.165, 1.54) is 23.1 Å². The van der Waals surface area contributed by atoms with Gasteiger partial charge in [-0.05, 0) is 49.4 Å². The second-order valence-electron chi connectivity index (χ2n) is 8.70. The molecule has 1 saturated heterocycles. The third-order valence-electron chi connectivity index (χ3n) is 6.39. The summed E-state index contributed by atoms with van der Waals surface area (Å²) in [6.07, 6.45) is -4.61. The maximum Gasteiger partial charge on any atom is 0.417 e. The van der Waals surface area contributed by atoms with E-state index in [2.05, 4.69) is 0 Å². The molecule has 1 amide bonds. The van der Waals surface area contributed by atoms with Gasteiger partial charge in [-0.1, -0.05) is 24.3 Å². The fourth-order valence-electron chi connectivity index (χ4n) is 4.59. The van der Waals surface area contributed by atoms with Crippen LogP contribution >= 0.6 is 0 Å². The van der Waals surface area contributed by atoms with Gasteiger partial charge in [0.05, 0.1) is 23.8 Å². The predicted molar refractivity (Wildman–Crippen MR) is 129 cm³/mol. The van der Waals surface area contributed by atoms with Gasteiger partial charge in [-0.15, -0.1) is 0 Å². The number of piperazine rings is 1. The van der Waals surface area contributed by atoms with Gasteiger partial charge in [0, 0.05) is 25.7 Å². The van der Waals surface area contributed by atoms with Crippen LogP contribution in [0.2, 0.25) is 0 Å². The van der Waals surface area contributed by atoms with Crippen LogP contribution in [0, 0.1) is 0 Å². The lowest BCUT2D eigenvalue weighted by Gasteiger charge is -2.41. The number of nitrogens with zero attached hydrogens (tertiary/aromatic N) is 3. The smallest absolute Gasteiger partial charge is 0.417 e. The zero-order chi connectivity index (χ0) is 25.4. The Labute approximate surface area is 206 Å². The number of alkyl halides is 3. The van der Waals surface area contributed by atoms with Crippen molar-refractivity contribution in [2.24, 2.45) is 4.99 Å². The summed E-state index contributed by atoms with van der Waals surface area (Å²) in [6, 6.07) is 17.5. The molecule has 2 aliphatic rings. The summed E-state index contributed by atoms with van der Waals surface area (Å²) in [7, 11) is 1.58. The van der Waals surface area contributed by atoms with E-state index in [0.717, 1.165) is 11.6 Å². The average molecular weight is 496 g/mol. The number of hydrogen-bond acceptors (Lipinski definition) is 5. The Kier molecular flexibility index (Phi) is 6.07. The number of hydrogen-bond donors (Lipinski definition) is 0. The van der Waals surface area contributed by atoms with Gasteiger partial charge in [0.2, 0.25) is 0 Å². The highest BCUT2D eigenvalue weighted by Gasteiger charge is 2.38. The molecule has 1 unspecified atom stereocenters. The highest BCUT2D eigenvalue weighted by molar-refractivity contribution is 6.04. The molecule has 0 bridgehead atoms. The first kappa shape index (κ1) is 23.7. The van der Waals surface area contributed by atoms with E-state index in [-0.39, 0.29) is 18.2 Å². The maximum absolute atomic E-state index is 13.5. The highest BCUT2D eigenvalue weighted by Crippen LogP contribution is 2.39. The number of amidine groups is 1. The molecule has 0 radical (unpaired) electrons. The minimum atomic E-state index is -4.61. The van der Waals surface area contributed by atoms with Crippen LogP contribution < -0.4 is 9.47 Å². The lowest BCUT2D eigenvalue weighted by atomic mass is 10.0. The molecule has 1 atom stereocenters. The first-order chi connectivity index (χ1) is 17.3. The van der Waals surface area contributed by atoms with Crippen LogP contribution in [-0.2, 0) is 6.18 Å². The molecule has 5 rings (SSSR count). The summed E-state index contributed by atoms with van der Waals surface area (Å²) in [5.41, 5.74) is 0.134. The number of carbonyl (C=O) groups excluding carboxylic acids is 1. The Balaban J connectivity index is 1.46. The Morgan fingerprint density at radius 3 is 2.53 bits per heavy atom. The van der Waals surface area contributed by atoms with Crippen molar-refractivity contribution < 1.29 is 27.4 Å². The number of fused-ring (bicyclic) bond motifs is 2. The summed E-state index contributed by atoms with van der Waals surface area (Å²) < 4.78 is 52.1. The summed E-state index contributed by atoms with van der Waals surface area (Å²) in [5, 5.41) is 0. The molecule has 6 nitrogen and oxygen atoms in total. The number of aliphatic imine (C=N–C) groups is 1. The Bertz CT molecular complexity index is 1340. The molecule has 2 aliphatic heterocycles. The molecule has 3 aromatic rings. The van der Waals surface area contributed by atoms with Crippen LogP contribution in [0.1, 0.15) is 28.4 Å². The van der Waals surface area contributed by atoms with Crippen LogP contribution in [0.25, 0.3) is 0 Å². The average Bonchev–Trinajstić information content (AvgIpc) is 3.04. The first-order valence-electron chi connectivity index (χ1n) is 11.5. The molecule has 9 heteroatoms. The van der Waals surface area contributed by atoms with E-state index in [0.29, 0.717) is 41.9 Å². The molecule has 2 heterocycles. The van der Waals surface area contributed by atoms with Gasteiger partial charge >= 0.3 is 6.18 Å². The number of benzene rings is 3. The van der Waals surface area contributed by atoms with Crippen molar-refractivity contribution in [3.8, 4) is 17.2 Å². The zero-order valence-electron chi connectivity index (χ0n) is 19.7. The van der Waals surface area contributed by atoms with Crippen LogP contribution in [0.4, 0.5) is 18.9 Å². The van der Waals surface area contributed by atoms with Crippen molar-refractivity contribution >= 4 is 17.4 Å². The first-order valence-corrected chi connectivity index (χ1v) is 11.5. The van der Waals surface area contributed by atoms with Crippen molar-refractivity contribution in [3.05, 3.63) is 83.4 Å². The van der Waals surface area contributed by atoms with Crippen molar-refractivity contribution in [1.82, 2.24) is 9.80 Å².